The van der Waals surface area contributed by atoms with Crippen molar-refractivity contribution >= 4 is 5.91 Å². The van der Waals surface area contributed by atoms with Gasteiger partial charge >= 0.3 is 0 Å². The summed E-state index contributed by atoms with van der Waals surface area (Å²) in [7, 11) is 0. The van der Waals surface area contributed by atoms with Crippen LogP contribution in [-0.2, 0) is 4.74 Å². The Morgan fingerprint density at radius 2 is 1.56 bits per heavy atom. The molecular weight excluding hydrogens is 318 g/mol. The van der Waals surface area contributed by atoms with Gasteiger partial charge in [0.25, 0.3) is 5.91 Å². The van der Waals surface area contributed by atoms with E-state index in [1.54, 1.807) is 0 Å². The van der Waals surface area contributed by atoms with E-state index in [4.69, 9.17) is 14.2 Å². The van der Waals surface area contributed by atoms with Crippen LogP contribution < -0.4 is 9.47 Å². The molecule has 2 aliphatic heterocycles. The molecule has 1 amide bonds. The minimum atomic E-state index is 0.0548. The number of nitrogens with zero attached hydrogens (tertiary/aromatic N) is 1. The lowest BCUT2D eigenvalue weighted by atomic mass is 10.0. The summed E-state index contributed by atoms with van der Waals surface area (Å²) in [6.45, 7) is 5.53. The Bertz CT molecular complexity index is 777. The first-order chi connectivity index (χ1) is 12.1. The van der Waals surface area contributed by atoms with E-state index in [0.29, 0.717) is 18.7 Å². The van der Waals surface area contributed by atoms with E-state index in [1.165, 1.54) is 0 Å². The number of benzene rings is 2. The normalized spacial score (nSPS) is 22.1. The van der Waals surface area contributed by atoms with Gasteiger partial charge in [-0.3, -0.25) is 4.79 Å². The van der Waals surface area contributed by atoms with Crippen LogP contribution in [0.5, 0.6) is 11.5 Å². The Hall–Kier alpha value is -2.53. The fourth-order valence-electron chi connectivity index (χ4n) is 3.41. The number of carbonyl (C=O) groups is 1. The van der Waals surface area contributed by atoms with Crippen molar-refractivity contribution in [3.8, 4) is 22.6 Å². The standard InChI is InChI=1S/C20H21NO4/c1-13-10-21(11-14(2)25-13)20(22)16-5-3-15(4-6-16)17-7-8-18-19(9-17)24-12-23-18/h3-9,13-14H,10-12H2,1-2H3/t13-,14+. The summed E-state index contributed by atoms with van der Waals surface area (Å²) < 4.78 is 16.5. The maximum Gasteiger partial charge on any atom is 0.254 e. The maximum atomic E-state index is 12.7. The summed E-state index contributed by atoms with van der Waals surface area (Å²) in [5.41, 5.74) is 2.78. The molecule has 2 aliphatic rings. The number of morpholine rings is 1. The first-order valence-corrected chi connectivity index (χ1v) is 8.55. The minimum absolute atomic E-state index is 0.0548. The van der Waals surface area contributed by atoms with Crippen molar-refractivity contribution in [3.05, 3.63) is 48.0 Å². The molecule has 0 spiro atoms. The lowest BCUT2D eigenvalue weighted by Gasteiger charge is -2.35. The number of hydrogen-bond donors (Lipinski definition) is 0. The third-order valence-corrected chi connectivity index (χ3v) is 4.54. The van der Waals surface area contributed by atoms with Crippen LogP contribution in [0.4, 0.5) is 0 Å². The molecule has 1 fully saturated rings. The van der Waals surface area contributed by atoms with E-state index in [9.17, 15) is 4.79 Å². The molecule has 0 aromatic heterocycles. The van der Waals surface area contributed by atoms with Crippen molar-refractivity contribution in [1.29, 1.82) is 0 Å². The van der Waals surface area contributed by atoms with E-state index < -0.39 is 0 Å². The molecule has 0 unspecified atom stereocenters. The summed E-state index contributed by atoms with van der Waals surface area (Å²) in [6.07, 6.45) is 0.140. The van der Waals surface area contributed by atoms with E-state index >= 15 is 0 Å². The smallest absolute Gasteiger partial charge is 0.254 e. The van der Waals surface area contributed by atoms with E-state index in [1.807, 2.05) is 61.2 Å². The van der Waals surface area contributed by atoms with Crippen LogP contribution >= 0.6 is 0 Å². The Morgan fingerprint density at radius 1 is 0.920 bits per heavy atom. The van der Waals surface area contributed by atoms with Crippen molar-refractivity contribution in [3.63, 3.8) is 0 Å². The topological polar surface area (TPSA) is 48.0 Å². The van der Waals surface area contributed by atoms with Crippen LogP contribution in [0.3, 0.4) is 0 Å². The minimum Gasteiger partial charge on any atom is -0.454 e. The fraction of sp³-hybridized carbons (Fsp3) is 0.350. The molecule has 0 N–H and O–H groups in total. The van der Waals surface area contributed by atoms with Gasteiger partial charge in [0.1, 0.15) is 0 Å². The highest BCUT2D eigenvalue weighted by molar-refractivity contribution is 5.94. The second-order valence-corrected chi connectivity index (χ2v) is 6.61. The van der Waals surface area contributed by atoms with Gasteiger partial charge in [0.05, 0.1) is 12.2 Å². The maximum absolute atomic E-state index is 12.7. The van der Waals surface area contributed by atoms with Crippen LogP contribution in [0.25, 0.3) is 11.1 Å². The molecule has 2 aromatic rings. The summed E-state index contributed by atoms with van der Waals surface area (Å²) >= 11 is 0. The average molecular weight is 339 g/mol. The average Bonchev–Trinajstić information content (AvgIpc) is 3.08. The number of ether oxygens (including phenoxy) is 3. The second kappa shape index (κ2) is 6.41. The second-order valence-electron chi connectivity index (χ2n) is 6.61. The largest absolute Gasteiger partial charge is 0.454 e. The molecule has 25 heavy (non-hydrogen) atoms. The van der Waals surface area contributed by atoms with E-state index in [-0.39, 0.29) is 24.9 Å². The zero-order chi connectivity index (χ0) is 17.4. The van der Waals surface area contributed by atoms with Gasteiger partial charge in [-0.05, 0) is 49.2 Å². The Morgan fingerprint density at radius 3 is 2.28 bits per heavy atom. The fourth-order valence-corrected chi connectivity index (χ4v) is 3.41. The third-order valence-electron chi connectivity index (χ3n) is 4.54. The van der Waals surface area contributed by atoms with Gasteiger partial charge in [-0.25, -0.2) is 0 Å². The molecule has 0 aliphatic carbocycles. The van der Waals surface area contributed by atoms with E-state index in [0.717, 1.165) is 22.6 Å². The summed E-state index contributed by atoms with van der Waals surface area (Å²) in [5.74, 6) is 1.58. The number of hydrogen-bond acceptors (Lipinski definition) is 4. The van der Waals surface area contributed by atoms with Gasteiger partial charge in [0, 0.05) is 18.7 Å². The van der Waals surface area contributed by atoms with Crippen LogP contribution in [0, 0.1) is 0 Å². The Labute approximate surface area is 147 Å². The quantitative estimate of drug-likeness (QED) is 0.842. The summed E-state index contributed by atoms with van der Waals surface area (Å²) in [4.78, 5) is 14.6. The molecule has 5 nitrogen and oxygen atoms in total. The zero-order valence-electron chi connectivity index (χ0n) is 14.4. The van der Waals surface area contributed by atoms with Crippen LogP contribution in [-0.4, -0.2) is 42.9 Å². The van der Waals surface area contributed by atoms with Crippen LogP contribution in [0.15, 0.2) is 42.5 Å². The van der Waals surface area contributed by atoms with Crippen LogP contribution in [0.2, 0.25) is 0 Å². The monoisotopic (exact) mass is 339 g/mol. The number of fused-ring (bicyclic) bond motifs is 1. The Kier molecular flexibility index (Phi) is 4.09. The van der Waals surface area contributed by atoms with Crippen molar-refractivity contribution in [2.45, 2.75) is 26.1 Å². The SMILES string of the molecule is C[C@@H]1CN(C(=O)c2ccc(-c3ccc4c(c3)OCO4)cc2)C[C@H](C)O1. The molecule has 130 valence electrons. The zero-order valence-corrected chi connectivity index (χ0v) is 14.4. The highest BCUT2D eigenvalue weighted by Crippen LogP contribution is 2.35. The van der Waals surface area contributed by atoms with Gasteiger partial charge in [0.2, 0.25) is 6.79 Å². The van der Waals surface area contributed by atoms with Gasteiger partial charge in [0.15, 0.2) is 11.5 Å². The lowest BCUT2D eigenvalue weighted by Crippen LogP contribution is -2.48. The molecule has 1 saturated heterocycles. The summed E-state index contributed by atoms with van der Waals surface area (Å²) in [5, 5.41) is 0. The number of amides is 1. The van der Waals surface area contributed by atoms with Gasteiger partial charge in [-0.2, -0.15) is 0 Å². The molecule has 0 saturated carbocycles. The molecule has 2 heterocycles. The molecular formula is C20H21NO4. The van der Waals surface area contributed by atoms with Gasteiger partial charge < -0.3 is 19.1 Å². The molecule has 2 atom stereocenters. The predicted molar refractivity (Wildman–Crippen MR) is 93.9 cm³/mol. The highest BCUT2D eigenvalue weighted by Gasteiger charge is 2.26. The van der Waals surface area contributed by atoms with Crippen molar-refractivity contribution in [2.24, 2.45) is 0 Å². The highest BCUT2D eigenvalue weighted by atomic mass is 16.7. The molecule has 0 bridgehead atoms. The van der Waals surface area contributed by atoms with Crippen molar-refractivity contribution in [1.82, 2.24) is 4.90 Å². The third kappa shape index (κ3) is 3.20. The number of rotatable bonds is 2. The molecule has 2 aromatic carbocycles. The first-order valence-electron chi connectivity index (χ1n) is 8.55. The summed E-state index contributed by atoms with van der Waals surface area (Å²) in [6, 6.07) is 13.6. The van der Waals surface area contributed by atoms with Gasteiger partial charge in [-0.15, -0.1) is 0 Å². The Balaban J connectivity index is 1.53. The number of carbonyl (C=O) groups excluding carboxylic acids is 1. The molecule has 0 radical (unpaired) electrons. The van der Waals surface area contributed by atoms with Crippen molar-refractivity contribution in [2.75, 3.05) is 19.9 Å². The van der Waals surface area contributed by atoms with Crippen LogP contribution in [0.1, 0.15) is 24.2 Å². The molecule has 5 heteroatoms. The first kappa shape index (κ1) is 16.0. The molecule has 4 rings (SSSR count). The van der Waals surface area contributed by atoms with Crippen molar-refractivity contribution < 1.29 is 19.0 Å². The predicted octanol–water partition coefficient (Wildman–Crippen LogP) is 3.33. The lowest BCUT2D eigenvalue weighted by molar-refractivity contribution is -0.0586. The van der Waals surface area contributed by atoms with Gasteiger partial charge in [-0.1, -0.05) is 18.2 Å². The van der Waals surface area contributed by atoms with E-state index in [2.05, 4.69) is 0 Å².